The van der Waals surface area contributed by atoms with Crippen molar-refractivity contribution in [1.29, 1.82) is 0 Å². The number of methoxy groups -OCH3 is 1. The molecule has 0 unspecified atom stereocenters. The minimum atomic E-state index is 0.304. The van der Waals surface area contributed by atoms with Crippen LogP contribution in [0.25, 0.3) is 17.1 Å². The lowest BCUT2D eigenvalue weighted by molar-refractivity contribution is 0.415. The fraction of sp³-hybridized carbons (Fsp3) is 0.0714. The second-order valence-electron chi connectivity index (χ2n) is 4.10. The van der Waals surface area contributed by atoms with Gasteiger partial charge in [0, 0.05) is 0 Å². The maximum absolute atomic E-state index is 5.82. The summed E-state index contributed by atoms with van der Waals surface area (Å²) in [5.74, 6) is 0.753. The van der Waals surface area contributed by atoms with Crippen molar-refractivity contribution < 1.29 is 4.74 Å². The molecule has 0 amide bonds. The van der Waals surface area contributed by atoms with E-state index in [9.17, 15) is 0 Å². The number of hydrogen-bond donors (Lipinski definition) is 1. The Hall–Kier alpha value is -2.89. The Balaban J connectivity index is 2.18. The van der Waals surface area contributed by atoms with Crippen LogP contribution >= 0.6 is 0 Å². The lowest BCUT2D eigenvalue weighted by Gasteiger charge is -2.11. The predicted octanol–water partition coefficient (Wildman–Crippen LogP) is 1.92. The molecule has 0 bridgehead atoms. The topological polar surface area (TPSA) is 78.8 Å². The standard InChI is InChI=1S/C14H13N5O/c1-20-13-12(16-9-17-14(13)15)11-7-8-18-19(11)10-5-3-2-4-6-10/h2-9H,1H3,(H2,15,16,17). The van der Waals surface area contributed by atoms with Crippen LogP contribution in [0.4, 0.5) is 5.82 Å². The van der Waals surface area contributed by atoms with Crippen LogP contribution in [-0.4, -0.2) is 26.9 Å². The second-order valence-corrected chi connectivity index (χ2v) is 4.10. The molecule has 3 aromatic rings. The number of ether oxygens (including phenoxy) is 1. The third-order valence-corrected chi connectivity index (χ3v) is 2.92. The zero-order valence-corrected chi connectivity index (χ0v) is 10.9. The third kappa shape index (κ3) is 1.97. The van der Waals surface area contributed by atoms with E-state index in [1.165, 1.54) is 6.33 Å². The largest absolute Gasteiger partial charge is 0.491 e. The van der Waals surface area contributed by atoms with E-state index in [-0.39, 0.29) is 0 Å². The van der Waals surface area contributed by atoms with Gasteiger partial charge in [-0.05, 0) is 18.2 Å². The number of rotatable bonds is 3. The fourth-order valence-corrected chi connectivity index (χ4v) is 2.03. The van der Waals surface area contributed by atoms with Gasteiger partial charge in [0.2, 0.25) is 0 Å². The van der Waals surface area contributed by atoms with Crippen LogP contribution in [0.15, 0.2) is 48.9 Å². The smallest absolute Gasteiger partial charge is 0.189 e. The first-order valence-electron chi connectivity index (χ1n) is 6.05. The van der Waals surface area contributed by atoms with Crippen LogP contribution in [0.1, 0.15) is 0 Å². The highest BCUT2D eigenvalue weighted by molar-refractivity contribution is 5.70. The molecule has 6 nitrogen and oxygen atoms in total. The monoisotopic (exact) mass is 267 g/mol. The molecule has 2 aromatic heterocycles. The number of benzene rings is 1. The summed E-state index contributed by atoms with van der Waals surface area (Å²) < 4.78 is 7.08. The van der Waals surface area contributed by atoms with Gasteiger partial charge in [0.1, 0.15) is 12.0 Å². The first kappa shape index (κ1) is 12.2. The van der Waals surface area contributed by atoms with E-state index in [0.29, 0.717) is 17.3 Å². The molecule has 2 N–H and O–H groups in total. The zero-order valence-electron chi connectivity index (χ0n) is 10.9. The number of nitrogen functional groups attached to an aromatic ring is 1. The number of hydrogen-bond acceptors (Lipinski definition) is 5. The van der Waals surface area contributed by atoms with Gasteiger partial charge in [-0.25, -0.2) is 14.6 Å². The van der Waals surface area contributed by atoms with Crippen molar-refractivity contribution >= 4 is 5.82 Å². The van der Waals surface area contributed by atoms with E-state index in [4.69, 9.17) is 10.5 Å². The van der Waals surface area contributed by atoms with Gasteiger partial charge in [0.15, 0.2) is 11.6 Å². The highest BCUT2D eigenvalue weighted by Crippen LogP contribution is 2.31. The van der Waals surface area contributed by atoms with Crippen molar-refractivity contribution in [3.63, 3.8) is 0 Å². The fourth-order valence-electron chi connectivity index (χ4n) is 2.03. The molecule has 0 aliphatic heterocycles. The van der Waals surface area contributed by atoms with E-state index >= 15 is 0 Å². The molecule has 0 saturated carbocycles. The maximum Gasteiger partial charge on any atom is 0.189 e. The SMILES string of the molecule is COc1c(N)ncnc1-c1ccnn1-c1ccccc1. The van der Waals surface area contributed by atoms with Crippen molar-refractivity contribution in [3.05, 3.63) is 48.9 Å². The lowest BCUT2D eigenvalue weighted by Crippen LogP contribution is -2.04. The molecule has 0 spiro atoms. The molecule has 0 aliphatic rings. The van der Waals surface area contributed by atoms with Crippen LogP contribution in [0, 0.1) is 0 Å². The Bertz CT molecular complexity index is 723. The van der Waals surface area contributed by atoms with Crippen molar-refractivity contribution in [1.82, 2.24) is 19.7 Å². The van der Waals surface area contributed by atoms with Crippen molar-refractivity contribution in [2.45, 2.75) is 0 Å². The Kier molecular flexibility index (Phi) is 3.04. The summed E-state index contributed by atoms with van der Waals surface area (Å²) in [5.41, 5.74) is 8.16. The quantitative estimate of drug-likeness (QED) is 0.784. The summed E-state index contributed by atoms with van der Waals surface area (Å²) in [6.07, 6.45) is 3.12. The Morgan fingerprint density at radius 3 is 2.65 bits per heavy atom. The van der Waals surface area contributed by atoms with E-state index in [1.807, 2.05) is 36.4 Å². The van der Waals surface area contributed by atoms with Gasteiger partial charge in [-0.15, -0.1) is 0 Å². The molecule has 100 valence electrons. The maximum atomic E-state index is 5.82. The first-order chi connectivity index (χ1) is 9.81. The Labute approximate surface area is 115 Å². The average molecular weight is 267 g/mol. The average Bonchev–Trinajstić information content (AvgIpc) is 2.97. The normalized spacial score (nSPS) is 10.4. The zero-order chi connectivity index (χ0) is 13.9. The number of aromatic nitrogens is 4. The van der Waals surface area contributed by atoms with Crippen LogP contribution in [-0.2, 0) is 0 Å². The van der Waals surface area contributed by atoms with Crippen molar-refractivity contribution in [3.8, 4) is 22.8 Å². The van der Waals surface area contributed by atoms with Gasteiger partial charge in [-0.3, -0.25) is 0 Å². The number of para-hydroxylation sites is 1. The molecule has 0 radical (unpaired) electrons. The molecular formula is C14H13N5O. The molecule has 0 aliphatic carbocycles. The third-order valence-electron chi connectivity index (χ3n) is 2.92. The summed E-state index contributed by atoms with van der Waals surface area (Å²) in [4.78, 5) is 8.20. The van der Waals surface area contributed by atoms with Crippen LogP contribution < -0.4 is 10.5 Å². The molecule has 2 heterocycles. The van der Waals surface area contributed by atoms with Gasteiger partial charge < -0.3 is 10.5 Å². The molecule has 20 heavy (non-hydrogen) atoms. The summed E-state index contributed by atoms with van der Waals surface area (Å²) in [6.45, 7) is 0. The van der Waals surface area contributed by atoms with Crippen LogP contribution in [0.3, 0.4) is 0 Å². The minimum absolute atomic E-state index is 0.304. The van der Waals surface area contributed by atoms with Crippen molar-refractivity contribution in [2.24, 2.45) is 0 Å². The van der Waals surface area contributed by atoms with E-state index in [2.05, 4.69) is 15.1 Å². The van der Waals surface area contributed by atoms with E-state index in [0.717, 1.165) is 11.4 Å². The van der Waals surface area contributed by atoms with E-state index in [1.54, 1.807) is 18.0 Å². The number of anilines is 1. The molecular weight excluding hydrogens is 254 g/mol. The van der Waals surface area contributed by atoms with Gasteiger partial charge in [-0.2, -0.15) is 5.10 Å². The summed E-state index contributed by atoms with van der Waals surface area (Å²) in [7, 11) is 1.54. The summed E-state index contributed by atoms with van der Waals surface area (Å²) >= 11 is 0. The Morgan fingerprint density at radius 2 is 1.90 bits per heavy atom. The van der Waals surface area contributed by atoms with Gasteiger partial charge in [0.25, 0.3) is 0 Å². The molecule has 1 aromatic carbocycles. The highest BCUT2D eigenvalue weighted by Gasteiger charge is 2.16. The summed E-state index contributed by atoms with van der Waals surface area (Å²) in [5, 5.41) is 4.33. The van der Waals surface area contributed by atoms with E-state index < -0.39 is 0 Å². The Morgan fingerprint density at radius 1 is 1.10 bits per heavy atom. The molecule has 3 rings (SSSR count). The van der Waals surface area contributed by atoms with Crippen LogP contribution in [0.5, 0.6) is 5.75 Å². The molecule has 6 heteroatoms. The predicted molar refractivity (Wildman–Crippen MR) is 75.6 cm³/mol. The number of nitrogens with two attached hydrogens (primary N) is 1. The second kappa shape index (κ2) is 5.00. The lowest BCUT2D eigenvalue weighted by atomic mass is 10.2. The molecule has 0 fully saturated rings. The summed E-state index contributed by atoms with van der Waals surface area (Å²) in [6, 6.07) is 11.6. The van der Waals surface area contributed by atoms with Crippen LogP contribution in [0.2, 0.25) is 0 Å². The van der Waals surface area contributed by atoms with Gasteiger partial charge in [-0.1, -0.05) is 18.2 Å². The first-order valence-corrected chi connectivity index (χ1v) is 6.05. The van der Waals surface area contributed by atoms with Gasteiger partial charge >= 0.3 is 0 Å². The van der Waals surface area contributed by atoms with Crippen molar-refractivity contribution in [2.75, 3.05) is 12.8 Å². The van der Waals surface area contributed by atoms with Gasteiger partial charge in [0.05, 0.1) is 24.7 Å². The molecule has 0 saturated heterocycles. The molecule has 0 atom stereocenters. The minimum Gasteiger partial charge on any atom is -0.491 e. The number of nitrogens with zero attached hydrogens (tertiary/aromatic N) is 4. The highest BCUT2D eigenvalue weighted by atomic mass is 16.5.